The standard InChI is InChI=1S/C21H21ClFN7O3/c1-10-8-33-9-13(10)30(21(31)32)15-7-29-6-12(24-5-14(29)26-15)16-11-4-25-27-19(11)20(28(2)3)18(23)17(16)22/h4-7,10,13H,8-9H2,1-3H3,(H,25,27)(H,31,32)/t10-,13+/m1/s1. The molecule has 33 heavy (non-hydrogen) atoms. The topological polar surface area (TPSA) is 112 Å². The van der Waals surface area contributed by atoms with Gasteiger partial charge in [-0.25, -0.2) is 14.2 Å². The molecule has 1 amide bonds. The molecular weight excluding hydrogens is 453 g/mol. The Kier molecular flexibility index (Phi) is 5.09. The number of carbonyl (C=O) groups is 1. The van der Waals surface area contributed by atoms with E-state index in [1.807, 2.05) is 6.92 Å². The van der Waals surface area contributed by atoms with E-state index in [2.05, 4.69) is 20.2 Å². The number of anilines is 2. The van der Waals surface area contributed by atoms with Crippen LogP contribution in [0.1, 0.15) is 6.92 Å². The summed E-state index contributed by atoms with van der Waals surface area (Å²) in [7, 11) is 3.44. The second-order valence-electron chi connectivity index (χ2n) is 8.28. The van der Waals surface area contributed by atoms with Crippen molar-refractivity contribution in [3.63, 3.8) is 0 Å². The maximum absolute atomic E-state index is 15.2. The highest BCUT2D eigenvalue weighted by Gasteiger charge is 2.35. The molecule has 3 aromatic heterocycles. The highest BCUT2D eigenvalue weighted by Crippen LogP contribution is 2.41. The lowest BCUT2D eigenvalue weighted by atomic mass is 10.1. The Morgan fingerprint density at radius 2 is 2.12 bits per heavy atom. The van der Waals surface area contributed by atoms with Gasteiger partial charge < -0.3 is 19.1 Å². The third-order valence-electron chi connectivity index (χ3n) is 5.91. The van der Waals surface area contributed by atoms with Crippen molar-refractivity contribution in [2.24, 2.45) is 5.92 Å². The molecule has 172 valence electrons. The number of imidazole rings is 1. The molecule has 4 aromatic rings. The number of aromatic nitrogens is 5. The van der Waals surface area contributed by atoms with Gasteiger partial charge in [-0.1, -0.05) is 18.5 Å². The second kappa shape index (κ2) is 7.85. The minimum absolute atomic E-state index is 0.0333. The van der Waals surface area contributed by atoms with Crippen LogP contribution in [0.5, 0.6) is 0 Å². The number of benzene rings is 1. The van der Waals surface area contributed by atoms with Crippen molar-refractivity contribution in [3.05, 3.63) is 35.6 Å². The molecule has 1 aromatic carbocycles. The zero-order valence-electron chi connectivity index (χ0n) is 18.1. The number of nitrogens with zero attached hydrogens (tertiary/aromatic N) is 6. The Morgan fingerprint density at radius 1 is 1.33 bits per heavy atom. The first-order valence-corrected chi connectivity index (χ1v) is 10.6. The second-order valence-corrected chi connectivity index (χ2v) is 8.65. The summed E-state index contributed by atoms with van der Waals surface area (Å²) < 4.78 is 22.3. The third-order valence-corrected chi connectivity index (χ3v) is 6.26. The number of rotatable bonds is 4. The Hall–Kier alpha value is -3.44. The van der Waals surface area contributed by atoms with Crippen LogP contribution in [-0.2, 0) is 4.74 Å². The van der Waals surface area contributed by atoms with Crippen LogP contribution in [0.3, 0.4) is 0 Å². The first-order valence-electron chi connectivity index (χ1n) is 10.2. The first kappa shape index (κ1) is 21.4. The van der Waals surface area contributed by atoms with E-state index in [9.17, 15) is 9.90 Å². The lowest BCUT2D eigenvalue weighted by Crippen LogP contribution is -2.43. The molecule has 0 spiro atoms. The molecule has 0 saturated carbocycles. The van der Waals surface area contributed by atoms with Crippen LogP contribution in [0.15, 0.2) is 24.8 Å². The van der Waals surface area contributed by atoms with Crippen LogP contribution in [0.4, 0.5) is 20.7 Å². The van der Waals surface area contributed by atoms with E-state index in [0.29, 0.717) is 46.7 Å². The Bertz CT molecular complexity index is 1390. The number of hydrogen-bond acceptors (Lipinski definition) is 6. The summed E-state index contributed by atoms with van der Waals surface area (Å²) in [5.74, 6) is -0.294. The molecule has 1 saturated heterocycles. The van der Waals surface area contributed by atoms with Gasteiger partial charge in [-0.15, -0.1) is 0 Å². The fraction of sp³-hybridized carbons (Fsp3) is 0.333. The Labute approximate surface area is 192 Å². The summed E-state index contributed by atoms with van der Waals surface area (Å²) in [6.45, 7) is 2.73. The average Bonchev–Trinajstić information content (AvgIpc) is 3.49. The van der Waals surface area contributed by atoms with E-state index >= 15 is 4.39 Å². The summed E-state index contributed by atoms with van der Waals surface area (Å²) in [4.78, 5) is 23.7. The number of nitrogens with one attached hydrogen (secondary N) is 1. The van der Waals surface area contributed by atoms with Crippen molar-refractivity contribution in [3.8, 4) is 11.3 Å². The molecule has 0 bridgehead atoms. The minimum atomic E-state index is -1.11. The lowest BCUT2D eigenvalue weighted by Gasteiger charge is -2.25. The van der Waals surface area contributed by atoms with E-state index in [-0.39, 0.29) is 22.8 Å². The SMILES string of the molecule is C[C@@H]1COC[C@@H]1N(C(=O)O)c1cn2cc(-c3c(Cl)c(F)c(N(C)C)c4[nH]ncc34)ncc2n1. The molecule has 1 aliphatic rings. The molecule has 0 unspecified atom stereocenters. The largest absolute Gasteiger partial charge is 0.465 e. The van der Waals surface area contributed by atoms with E-state index in [0.717, 1.165) is 0 Å². The highest BCUT2D eigenvalue weighted by atomic mass is 35.5. The molecule has 1 fully saturated rings. The van der Waals surface area contributed by atoms with Crippen molar-refractivity contribution < 1.29 is 19.0 Å². The van der Waals surface area contributed by atoms with E-state index in [4.69, 9.17) is 16.3 Å². The molecule has 0 aliphatic carbocycles. The summed E-state index contributed by atoms with van der Waals surface area (Å²) in [5.41, 5.74) is 2.02. The Morgan fingerprint density at radius 3 is 2.79 bits per heavy atom. The number of aromatic amines is 1. The fourth-order valence-electron chi connectivity index (χ4n) is 4.29. The monoisotopic (exact) mass is 473 g/mol. The van der Waals surface area contributed by atoms with Crippen molar-refractivity contribution in [2.45, 2.75) is 13.0 Å². The van der Waals surface area contributed by atoms with Crippen molar-refractivity contribution >= 4 is 45.7 Å². The maximum Gasteiger partial charge on any atom is 0.413 e. The van der Waals surface area contributed by atoms with Crippen LogP contribution >= 0.6 is 11.6 Å². The molecule has 2 atom stereocenters. The first-order chi connectivity index (χ1) is 15.8. The van der Waals surface area contributed by atoms with Gasteiger partial charge in [-0.3, -0.25) is 15.0 Å². The summed E-state index contributed by atoms with van der Waals surface area (Å²) >= 11 is 6.46. The van der Waals surface area contributed by atoms with Crippen molar-refractivity contribution in [1.82, 2.24) is 24.6 Å². The fourth-order valence-corrected chi connectivity index (χ4v) is 4.58. The van der Waals surface area contributed by atoms with Crippen LogP contribution in [0, 0.1) is 11.7 Å². The number of ether oxygens (including phenoxy) is 1. The van der Waals surface area contributed by atoms with E-state index in [1.165, 1.54) is 11.1 Å². The quantitative estimate of drug-likeness (QED) is 0.465. The van der Waals surface area contributed by atoms with Crippen LogP contribution < -0.4 is 9.80 Å². The molecule has 4 heterocycles. The Balaban J connectivity index is 1.64. The summed E-state index contributed by atoms with van der Waals surface area (Å²) in [6, 6.07) is -0.340. The van der Waals surface area contributed by atoms with Gasteiger partial charge in [0.2, 0.25) is 0 Å². The van der Waals surface area contributed by atoms with E-state index in [1.54, 1.807) is 42.0 Å². The van der Waals surface area contributed by atoms with Crippen LogP contribution in [0.25, 0.3) is 27.8 Å². The predicted molar refractivity (Wildman–Crippen MR) is 122 cm³/mol. The number of halogens is 2. The molecule has 12 heteroatoms. The van der Waals surface area contributed by atoms with Crippen molar-refractivity contribution in [2.75, 3.05) is 37.1 Å². The third kappa shape index (κ3) is 3.35. The normalized spacial score (nSPS) is 18.3. The number of hydrogen-bond donors (Lipinski definition) is 2. The molecule has 1 aliphatic heterocycles. The van der Waals surface area contributed by atoms with Gasteiger partial charge in [0.1, 0.15) is 5.69 Å². The molecule has 0 radical (unpaired) electrons. The zero-order valence-corrected chi connectivity index (χ0v) is 18.8. The van der Waals surface area contributed by atoms with Gasteiger partial charge in [0.05, 0.1) is 54.1 Å². The smallest absolute Gasteiger partial charge is 0.413 e. The average molecular weight is 474 g/mol. The van der Waals surface area contributed by atoms with Crippen molar-refractivity contribution in [1.29, 1.82) is 0 Å². The van der Waals surface area contributed by atoms with Gasteiger partial charge in [0.25, 0.3) is 0 Å². The van der Waals surface area contributed by atoms with E-state index < -0.39 is 11.9 Å². The molecular formula is C21H21ClFN7O3. The number of amides is 1. The maximum atomic E-state index is 15.2. The predicted octanol–water partition coefficient (Wildman–Crippen LogP) is 3.65. The lowest BCUT2D eigenvalue weighted by molar-refractivity contribution is 0.181. The van der Waals surface area contributed by atoms with Gasteiger partial charge in [-0.2, -0.15) is 5.10 Å². The highest BCUT2D eigenvalue weighted by molar-refractivity contribution is 6.35. The molecule has 5 rings (SSSR count). The number of H-pyrrole nitrogens is 1. The van der Waals surface area contributed by atoms with Crippen LogP contribution in [0.2, 0.25) is 5.02 Å². The van der Waals surface area contributed by atoms with Gasteiger partial charge >= 0.3 is 6.09 Å². The molecule has 10 nitrogen and oxygen atoms in total. The van der Waals surface area contributed by atoms with Gasteiger partial charge in [-0.05, 0) is 0 Å². The van der Waals surface area contributed by atoms with Gasteiger partial charge in [0.15, 0.2) is 17.3 Å². The zero-order chi connectivity index (χ0) is 23.4. The minimum Gasteiger partial charge on any atom is -0.465 e. The van der Waals surface area contributed by atoms with Crippen LogP contribution in [-0.4, -0.2) is 69.1 Å². The van der Waals surface area contributed by atoms with Gasteiger partial charge in [0, 0.05) is 37.2 Å². The summed E-state index contributed by atoms with van der Waals surface area (Å²) in [5, 5.41) is 17.3. The molecule has 2 N–H and O–H groups in total. The number of fused-ring (bicyclic) bond motifs is 2. The number of carboxylic acid groups (broad SMARTS) is 1. The summed E-state index contributed by atoms with van der Waals surface area (Å²) in [6.07, 6.45) is 5.20.